The second-order valence-electron chi connectivity index (χ2n) is 7.33. The number of benzene rings is 1. The molecule has 0 spiro atoms. The SMILES string of the molecule is COc1ccc(-c2nc(CCNC(=O)CCCn3nc(-c4cccs4)ccc3=O)cs2)cc1. The van der Waals surface area contributed by atoms with Gasteiger partial charge in [-0.2, -0.15) is 5.10 Å². The van der Waals surface area contributed by atoms with Crippen molar-refractivity contribution in [3.05, 3.63) is 75.3 Å². The molecule has 0 aliphatic heterocycles. The fourth-order valence-corrected chi connectivity index (χ4v) is 4.81. The van der Waals surface area contributed by atoms with Crippen LogP contribution in [0.1, 0.15) is 18.5 Å². The topological polar surface area (TPSA) is 86.1 Å². The number of nitrogens with zero attached hydrogens (tertiary/aromatic N) is 3. The molecule has 0 aliphatic rings. The largest absolute Gasteiger partial charge is 0.497 e. The Morgan fingerprint density at radius 2 is 1.97 bits per heavy atom. The van der Waals surface area contributed by atoms with Crippen molar-refractivity contribution in [1.29, 1.82) is 0 Å². The molecule has 33 heavy (non-hydrogen) atoms. The number of carbonyl (C=O) groups is 1. The van der Waals surface area contributed by atoms with Crippen molar-refractivity contribution in [2.45, 2.75) is 25.8 Å². The van der Waals surface area contributed by atoms with Crippen LogP contribution < -0.4 is 15.6 Å². The van der Waals surface area contributed by atoms with Gasteiger partial charge in [0.05, 0.1) is 17.7 Å². The Labute approximate surface area is 199 Å². The molecule has 0 unspecified atom stereocenters. The van der Waals surface area contributed by atoms with Crippen LogP contribution in [0.15, 0.2) is 64.1 Å². The Balaban J connectivity index is 1.21. The zero-order chi connectivity index (χ0) is 23.0. The molecule has 1 N–H and O–H groups in total. The van der Waals surface area contributed by atoms with Crippen LogP contribution in [0.25, 0.3) is 21.1 Å². The van der Waals surface area contributed by atoms with Gasteiger partial charge in [0, 0.05) is 42.9 Å². The minimum absolute atomic E-state index is 0.0388. The van der Waals surface area contributed by atoms with E-state index >= 15 is 0 Å². The maximum Gasteiger partial charge on any atom is 0.266 e. The van der Waals surface area contributed by atoms with E-state index in [1.165, 1.54) is 10.7 Å². The molecule has 7 nitrogen and oxygen atoms in total. The Bertz CT molecular complexity index is 1250. The molecule has 4 aromatic rings. The summed E-state index contributed by atoms with van der Waals surface area (Å²) in [7, 11) is 1.64. The molecule has 0 saturated carbocycles. The lowest BCUT2D eigenvalue weighted by atomic mass is 10.2. The maximum atomic E-state index is 12.2. The van der Waals surface area contributed by atoms with E-state index in [2.05, 4.69) is 15.4 Å². The monoisotopic (exact) mass is 480 g/mol. The minimum Gasteiger partial charge on any atom is -0.497 e. The number of rotatable bonds is 10. The Hall–Kier alpha value is -3.30. The van der Waals surface area contributed by atoms with Gasteiger partial charge >= 0.3 is 0 Å². The van der Waals surface area contributed by atoms with E-state index in [0.29, 0.717) is 32.4 Å². The summed E-state index contributed by atoms with van der Waals surface area (Å²) in [6.07, 6.45) is 1.55. The number of thiophene rings is 1. The van der Waals surface area contributed by atoms with Crippen LogP contribution in [-0.4, -0.2) is 34.3 Å². The lowest BCUT2D eigenvalue weighted by molar-refractivity contribution is -0.121. The van der Waals surface area contributed by atoms with Gasteiger partial charge in [0.25, 0.3) is 5.56 Å². The van der Waals surface area contributed by atoms with Crippen molar-refractivity contribution in [3.63, 3.8) is 0 Å². The first-order chi connectivity index (χ1) is 16.1. The summed E-state index contributed by atoms with van der Waals surface area (Å²) in [4.78, 5) is 29.9. The molecule has 3 heterocycles. The molecule has 0 radical (unpaired) electrons. The zero-order valence-electron chi connectivity index (χ0n) is 18.2. The molecule has 4 rings (SSSR count). The average molecular weight is 481 g/mol. The zero-order valence-corrected chi connectivity index (χ0v) is 19.8. The number of nitrogens with one attached hydrogen (secondary N) is 1. The smallest absolute Gasteiger partial charge is 0.266 e. The Morgan fingerprint density at radius 1 is 1.12 bits per heavy atom. The van der Waals surface area contributed by atoms with E-state index < -0.39 is 0 Å². The second kappa shape index (κ2) is 11.0. The van der Waals surface area contributed by atoms with E-state index in [9.17, 15) is 9.59 Å². The predicted octanol–water partition coefficient (Wildman–Crippen LogP) is 4.24. The lowest BCUT2D eigenvalue weighted by Crippen LogP contribution is -2.27. The number of thiazole rings is 1. The van der Waals surface area contributed by atoms with Gasteiger partial charge in [0.2, 0.25) is 5.91 Å². The number of aryl methyl sites for hydroxylation is 1. The van der Waals surface area contributed by atoms with E-state index in [1.807, 2.05) is 47.2 Å². The first kappa shape index (κ1) is 22.9. The van der Waals surface area contributed by atoms with Gasteiger partial charge in [-0.15, -0.1) is 22.7 Å². The number of aromatic nitrogens is 3. The highest BCUT2D eigenvalue weighted by molar-refractivity contribution is 7.13. The van der Waals surface area contributed by atoms with Crippen molar-refractivity contribution in [3.8, 4) is 26.9 Å². The maximum absolute atomic E-state index is 12.2. The summed E-state index contributed by atoms with van der Waals surface area (Å²) >= 11 is 3.16. The Kier molecular flexibility index (Phi) is 7.64. The quantitative estimate of drug-likeness (QED) is 0.367. The van der Waals surface area contributed by atoms with Gasteiger partial charge in [-0.05, 0) is 48.2 Å². The molecular formula is C24H24N4O3S2. The summed E-state index contributed by atoms with van der Waals surface area (Å²) in [5.74, 6) is 0.775. The van der Waals surface area contributed by atoms with Gasteiger partial charge in [-0.1, -0.05) is 6.07 Å². The van der Waals surface area contributed by atoms with E-state index in [4.69, 9.17) is 4.74 Å². The third-order valence-corrected chi connectivity index (χ3v) is 6.84. The highest BCUT2D eigenvalue weighted by Gasteiger charge is 2.08. The first-order valence-corrected chi connectivity index (χ1v) is 12.4. The first-order valence-electron chi connectivity index (χ1n) is 10.6. The fourth-order valence-electron chi connectivity index (χ4n) is 3.26. The van der Waals surface area contributed by atoms with Crippen LogP contribution >= 0.6 is 22.7 Å². The van der Waals surface area contributed by atoms with Crippen molar-refractivity contribution in [2.24, 2.45) is 0 Å². The molecule has 3 aromatic heterocycles. The summed E-state index contributed by atoms with van der Waals surface area (Å²) in [6, 6.07) is 15.0. The summed E-state index contributed by atoms with van der Waals surface area (Å²) < 4.78 is 6.62. The molecule has 0 atom stereocenters. The molecular weight excluding hydrogens is 456 g/mol. The van der Waals surface area contributed by atoms with Gasteiger partial charge in [-0.25, -0.2) is 9.67 Å². The van der Waals surface area contributed by atoms with Crippen LogP contribution in [0.3, 0.4) is 0 Å². The van der Waals surface area contributed by atoms with Crippen molar-refractivity contribution < 1.29 is 9.53 Å². The summed E-state index contributed by atoms with van der Waals surface area (Å²) in [5, 5.41) is 12.3. The number of methoxy groups -OCH3 is 1. The van der Waals surface area contributed by atoms with Gasteiger partial charge in [0.1, 0.15) is 16.5 Å². The summed E-state index contributed by atoms with van der Waals surface area (Å²) in [6.45, 7) is 0.930. The average Bonchev–Trinajstić information content (AvgIpc) is 3.53. The number of hydrogen-bond donors (Lipinski definition) is 1. The molecule has 1 aromatic carbocycles. The second-order valence-corrected chi connectivity index (χ2v) is 9.14. The number of carbonyl (C=O) groups excluding carboxylic acids is 1. The van der Waals surface area contributed by atoms with Gasteiger partial charge in [0.15, 0.2) is 0 Å². The number of amides is 1. The summed E-state index contributed by atoms with van der Waals surface area (Å²) in [5.41, 5.74) is 2.61. The predicted molar refractivity (Wildman–Crippen MR) is 132 cm³/mol. The van der Waals surface area contributed by atoms with Crippen LogP contribution in [0.5, 0.6) is 5.75 Å². The van der Waals surface area contributed by atoms with E-state index in [-0.39, 0.29) is 11.5 Å². The van der Waals surface area contributed by atoms with Crippen LogP contribution in [0.2, 0.25) is 0 Å². The number of ether oxygens (including phenoxy) is 1. The van der Waals surface area contributed by atoms with Crippen LogP contribution in [0.4, 0.5) is 0 Å². The highest BCUT2D eigenvalue weighted by Crippen LogP contribution is 2.25. The van der Waals surface area contributed by atoms with E-state index in [1.54, 1.807) is 35.8 Å². The lowest BCUT2D eigenvalue weighted by Gasteiger charge is -2.07. The minimum atomic E-state index is -0.160. The molecule has 9 heteroatoms. The molecule has 0 saturated heterocycles. The molecule has 0 aliphatic carbocycles. The third kappa shape index (κ3) is 6.15. The molecule has 1 amide bonds. The number of hydrogen-bond acceptors (Lipinski definition) is 7. The normalized spacial score (nSPS) is 10.8. The fraction of sp³-hybridized carbons (Fsp3) is 0.250. The molecule has 170 valence electrons. The molecule has 0 bridgehead atoms. The third-order valence-electron chi connectivity index (χ3n) is 5.01. The Morgan fingerprint density at radius 3 is 2.73 bits per heavy atom. The highest BCUT2D eigenvalue weighted by atomic mass is 32.1. The van der Waals surface area contributed by atoms with E-state index in [0.717, 1.165) is 32.6 Å². The van der Waals surface area contributed by atoms with Crippen LogP contribution in [0, 0.1) is 0 Å². The standard InChI is InChI=1S/C24H24N4O3S2/c1-31-19-8-6-17(7-9-19)24-26-18(16-33-24)12-13-25-22(29)5-2-14-28-23(30)11-10-20(27-28)21-4-3-15-32-21/h3-4,6-11,15-16H,2,5,12-14H2,1H3,(H,25,29). The van der Waals surface area contributed by atoms with Crippen molar-refractivity contribution in [1.82, 2.24) is 20.1 Å². The van der Waals surface area contributed by atoms with Gasteiger partial charge < -0.3 is 10.1 Å². The van der Waals surface area contributed by atoms with Gasteiger partial charge in [-0.3, -0.25) is 9.59 Å². The molecule has 0 fully saturated rings. The van der Waals surface area contributed by atoms with Crippen molar-refractivity contribution >= 4 is 28.6 Å². The van der Waals surface area contributed by atoms with Crippen molar-refractivity contribution in [2.75, 3.05) is 13.7 Å². The van der Waals surface area contributed by atoms with Crippen LogP contribution in [-0.2, 0) is 17.8 Å².